The van der Waals surface area contributed by atoms with E-state index in [-0.39, 0.29) is 11.7 Å². The Morgan fingerprint density at radius 3 is 2.78 bits per heavy atom. The number of benzene rings is 2. The molecule has 2 aromatic rings. The summed E-state index contributed by atoms with van der Waals surface area (Å²) in [6, 6.07) is 12.3. The highest BCUT2D eigenvalue weighted by Crippen LogP contribution is 2.20. The van der Waals surface area contributed by atoms with E-state index in [9.17, 15) is 9.90 Å². The van der Waals surface area contributed by atoms with Gasteiger partial charge in [0.15, 0.2) is 0 Å². The molecule has 0 saturated heterocycles. The zero-order chi connectivity index (χ0) is 16.8. The third-order valence-corrected chi connectivity index (χ3v) is 3.77. The van der Waals surface area contributed by atoms with E-state index in [0.29, 0.717) is 5.56 Å². The molecule has 0 spiro atoms. The van der Waals surface area contributed by atoms with Crippen molar-refractivity contribution in [2.45, 2.75) is 19.9 Å². The van der Waals surface area contributed by atoms with E-state index in [1.807, 2.05) is 31.2 Å². The molecule has 0 aliphatic rings. The summed E-state index contributed by atoms with van der Waals surface area (Å²) in [5, 5.41) is 16.7. The van der Waals surface area contributed by atoms with Crippen LogP contribution in [-0.4, -0.2) is 23.3 Å². The predicted octanol–water partition coefficient (Wildman–Crippen LogP) is 3.41. The van der Waals surface area contributed by atoms with Crippen molar-refractivity contribution in [2.24, 2.45) is 5.10 Å². The van der Waals surface area contributed by atoms with Crippen LogP contribution in [0.4, 0.5) is 5.69 Å². The number of anilines is 1. The van der Waals surface area contributed by atoms with Crippen LogP contribution < -0.4 is 10.7 Å². The van der Waals surface area contributed by atoms with Gasteiger partial charge in [-0.2, -0.15) is 5.10 Å². The molecule has 0 heterocycles. The van der Waals surface area contributed by atoms with Crippen LogP contribution in [-0.2, 0) is 4.79 Å². The van der Waals surface area contributed by atoms with Gasteiger partial charge in [0, 0.05) is 15.7 Å². The molecule has 1 amide bonds. The lowest BCUT2D eigenvalue weighted by Crippen LogP contribution is -2.35. The first kappa shape index (κ1) is 17.0. The number of rotatable bonds is 5. The fourth-order valence-corrected chi connectivity index (χ4v) is 2.30. The van der Waals surface area contributed by atoms with Gasteiger partial charge in [0.2, 0.25) is 0 Å². The molecule has 120 valence electrons. The van der Waals surface area contributed by atoms with E-state index in [1.165, 1.54) is 6.21 Å². The SMILES string of the molecule is Cc1ccccc1NC(C)C(=O)NN=Cc1cc(Br)ccc1O. The van der Waals surface area contributed by atoms with Gasteiger partial charge in [-0.1, -0.05) is 34.1 Å². The van der Waals surface area contributed by atoms with Gasteiger partial charge in [-0.05, 0) is 43.7 Å². The molecule has 0 aromatic heterocycles. The van der Waals surface area contributed by atoms with E-state index < -0.39 is 6.04 Å². The number of para-hydroxylation sites is 1. The molecule has 6 heteroatoms. The Bertz CT molecular complexity index is 732. The van der Waals surface area contributed by atoms with E-state index in [2.05, 4.69) is 31.8 Å². The first-order valence-electron chi connectivity index (χ1n) is 7.11. The number of phenolic OH excluding ortho intramolecular Hbond substituents is 1. The molecule has 2 rings (SSSR count). The van der Waals surface area contributed by atoms with E-state index in [1.54, 1.807) is 25.1 Å². The molecule has 0 radical (unpaired) electrons. The van der Waals surface area contributed by atoms with Crippen LogP contribution in [0.25, 0.3) is 0 Å². The molecule has 0 aliphatic carbocycles. The van der Waals surface area contributed by atoms with Gasteiger partial charge in [0.25, 0.3) is 5.91 Å². The number of halogens is 1. The smallest absolute Gasteiger partial charge is 0.262 e. The number of hydrogen-bond acceptors (Lipinski definition) is 4. The molecule has 3 N–H and O–H groups in total. The van der Waals surface area contributed by atoms with Crippen LogP contribution in [0.1, 0.15) is 18.1 Å². The Labute approximate surface area is 143 Å². The largest absolute Gasteiger partial charge is 0.507 e. The summed E-state index contributed by atoms with van der Waals surface area (Å²) in [6.07, 6.45) is 1.40. The van der Waals surface area contributed by atoms with Crippen molar-refractivity contribution in [1.29, 1.82) is 0 Å². The lowest BCUT2D eigenvalue weighted by atomic mass is 10.2. The maximum atomic E-state index is 12.0. The average molecular weight is 376 g/mol. The van der Waals surface area contributed by atoms with Crippen LogP contribution in [0, 0.1) is 6.92 Å². The molecule has 0 saturated carbocycles. The van der Waals surface area contributed by atoms with Crippen molar-refractivity contribution >= 4 is 33.7 Å². The number of phenols is 1. The van der Waals surface area contributed by atoms with Crippen molar-refractivity contribution in [3.8, 4) is 5.75 Å². The lowest BCUT2D eigenvalue weighted by Gasteiger charge is -2.15. The molecule has 23 heavy (non-hydrogen) atoms. The number of nitrogens with one attached hydrogen (secondary N) is 2. The van der Waals surface area contributed by atoms with Crippen molar-refractivity contribution in [2.75, 3.05) is 5.32 Å². The Kier molecular flexibility index (Phi) is 5.76. The summed E-state index contributed by atoms with van der Waals surface area (Å²) in [5.74, 6) is -0.170. The summed E-state index contributed by atoms with van der Waals surface area (Å²) in [5.41, 5.74) is 4.94. The highest BCUT2D eigenvalue weighted by molar-refractivity contribution is 9.10. The van der Waals surface area contributed by atoms with Gasteiger partial charge in [-0.15, -0.1) is 0 Å². The molecule has 0 fully saturated rings. The Hall–Kier alpha value is -2.34. The predicted molar refractivity (Wildman–Crippen MR) is 95.8 cm³/mol. The van der Waals surface area contributed by atoms with Crippen LogP contribution in [0.5, 0.6) is 5.75 Å². The quantitative estimate of drug-likeness (QED) is 0.553. The molecule has 1 atom stereocenters. The second-order valence-electron chi connectivity index (χ2n) is 5.12. The zero-order valence-electron chi connectivity index (χ0n) is 12.9. The summed E-state index contributed by atoms with van der Waals surface area (Å²) in [6.45, 7) is 3.73. The Morgan fingerprint density at radius 2 is 2.04 bits per heavy atom. The minimum atomic E-state index is -0.440. The summed E-state index contributed by atoms with van der Waals surface area (Å²) >= 11 is 3.31. The zero-order valence-corrected chi connectivity index (χ0v) is 14.5. The number of aryl methyl sites for hydroxylation is 1. The van der Waals surface area contributed by atoms with E-state index in [4.69, 9.17) is 0 Å². The third-order valence-electron chi connectivity index (χ3n) is 3.28. The van der Waals surface area contributed by atoms with E-state index >= 15 is 0 Å². The van der Waals surface area contributed by atoms with Crippen LogP contribution >= 0.6 is 15.9 Å². The first-order chi connectivity index (χ1) is 11.0. The van der Waals surface area contributed by atoms with Gasteiger partial charge in [-0.3, -0.25) is 4.79 Å². The van der Waals surface area contributed by atoms with Crippen molar-refractivity contribution in [3.63, 3.8) is 0 Å². The number of nitrogens with zero attached hydrogens (tertiary/aromatic N) is 1. The highest BCUT2D eigenvalue weighted by atomic mass is 79.9. The molecule has 5 nitrogen and oxygen atoms in total. The molecular weight excluding hydrogens is 358 g/mol. The number of hydrogen-bond donors (Lipinski definition) is 3. The number of aromatic hydroxyl groups is 1. The first-order valence-corrected chi connectivity index (χ1v) is 7.90. The second kappa shape index (κ2) is 7.78. The Balaban J connectivity index is 1.95. The molecule has 0 bridgehead atoms. The summed E-state index contributed by atoms with van der Waals surface area (Å²) in [4.78, 5) is 12.0. The van der Waals surface area contributed by atoms with Gasteiger partial charge >= 0.3 is 0 Å². The minimum Gasteiger partial charge on any atom is -0.507 e. The standard InChI is InChI=1S/C17H18BrN3O2/c1-11-5-3-4-6-15(11)20-12(2)17(23)21-19-10-13-9-14(18)7-8-16(13)22/h3-10,12,20,22H,1-2H3,(H,21,23). The van der Waals surface area contributed by atoms with Crippen LogP contribution in [0.15, 0.2) is 52.0 Å². The second-order valence-corrected chi connectivity index (χ2v) is 6.03. The van der Waals surface area contributed by atoms with Gasteiger partial charge in [0.1, 0.15) is 11.8 Å². The molecule has 1 unspecified atom stereocenters. The van der Waals surface area contributed by atoms with Crippen molar-refractivity contribution in [1.82, 2.24) is 5.43 Å². The van der Waals surface area contributed by atoms with Gasteiger partial charge in [-0.25, -0.2) is 5.43 Å². The molecule has 0 aliphatic heterocycles. The monoisotopic (exact) mass is 375 g/mol. The maximum Gasteiger partial charge on any atom is 0.262 e. The fourth-order valence-electron chi connectivity index (χ4n) is 1.92. The van der Waals surface area contributed by atoms with E-state index in [0.717, 1.165) is 15.7 Å². The van der Waals surface area contributed by atoms with Gasteiger partial charge < -0.3 is 10.4 Å². The highest BCUT2D eigenvalue weighted by Gasteiger charge is 2.12. The fraction of sp³-hybridized carbons (Fsp3) is 0.176. The number of hydrazone groups is 1. The third kappa shape index (κ3) is 4.82. The Morgan fingerprint density at radius 1 is 1.30 bits per heavy atom. The lowest BCUT2D eigenvalue weighted by molar-refractivity contribution is -0.121. The molecule has 2 aromatic carbocycles. The molecular formula is C17H18BrN3O2. The summed E-state index contributed by atoms with van der Waals surface area (Å²) in [7, 11) is 0. The summed E-state index contributed by atoms with van der Waals surface area (Å²) < 4.78 is 0.817. The van der Waals surface area contributed by atoms with Crippen LogP contribution in [0.3, 0.4) is 0 Å². The normalized spacial score (nSPS) is 12.1. The van der Waals surface area contributed by atoms with Crippen molar-refractivity contribution in [3.05, 3.63) is 58.1 Å². The average Bonchev–Trinajstić information content (AvgIpc) is 2.52. The van der Waals surface area contributed by atoms with Crippen molar-refractivity contribution < 1.29 is 9.90 Å². The van der Waals surface area contributed by atoms with Crippen LogP contribution in [0.2, 0.25) is 0 Å². The number of amides is 1. The number of carbonyl (C=O) groups excluding carboxylic acids is 1. The van der Waals surface area contributed by atoms with Gasteiger partial charge in [0.05, 0.1) is 6.21 Å². The number of carbonyl (C=O) groups is 1. The maximum absolute atomic E-state index is 12.0. The minimum absolute atomic E-state index is 0.0947. The topological polar surface area (TPSA) is 73.7 Å².